The number of rotatable bonds is 4. The van der Waals surface area contributed by atoms with Crippen molar-refractivity contribution in [1.29, 1.82) is 0 Å². The highest BCUT2D eigenvalue weighted by Gasteiger charge is 2.21. The van der Waals surface area contributed by atoms with E-state index in [1.807, 2.05) is 12.1 Å². The SMILES string of the molecule is COc1ccccc1CC(C)N1CCNC(C)C1. The monoisotopic (exact) mass is 248 g/mol. The van der Waals surface area contributed by atoms with Crippen LogP contribution in [-0.4, -0.2) is 43.7 Å². The molecule has 100 valence electrons. The zero-order valence-corrected chi connectivity index (χ0v) is 11.6. The first-order valence-electron chi connectivity index (χ1n) is 6.80. The average molecular weight is 248 g/mol. The molecule has 0 aliphatic carbocycles. The van der Waals surface area contributed by atoms with Gasteiger partial charge >= 0.3 is 0 Å². The van der Waals surface area contributed by atoms with Crippen LogP contribution in [0.25, 0.3) is 0 Å². The van der Waals surface area contributed by atoms with Crippen molar-refractivity contribution in [2.24, 2.45) is 0 Å². The molecule has 2 rings (SSSR count). The van der Waals surface area contributed by atoms with Crippen molar-refractivity contribution in [2.45, 2.75) is 32.4 Å². The number of methoxy groups -OCH3 is 1. The van der Waals surface area contributed by atoms with Gasteiger partial charge in [-0.1, -0.05) is 18.2 Å². The predicted molar refractivity (Wildman–Crippen MR) is 75.2 cm³/mol. The Morgan fingerprint density at radius 1 is 1.44 bits per heavy atom. The summed E-state index contributed by atoms with van der Waals surface area (Å²) in [6, 6.07) is 9.48. The summed E-state index contributed by atoms with van der Waals surface area (Å²) in [4.78, 5) is 2.56. The van der Waals surface area contributed by atoms with E-state index < -0.39 is 0 Å². The zero-order valence-electron chi connectivity index (χ0n) is 11.6. The van der Waals surface area contributed by atoms with E-state index in [0.717, 1.165) is 31.8 Å². The number of piperazine rings is 1. The number of nitrogens with one attached hydrogen (secondary N) is 1. The Labute approximate surface area is 110 Å². The van der Waals surface area contributed by atoms with Gasteiger partial charge in [-0.05, 0) is 31.9 Å². The first-order chi connectivity index (χ1) is 8.70. The Morgan fingerprint density at radius 2 is 2.22 bits per heavy atom. The third-order valence-corrected chi connectivity index (χ3v) is 3.73. The zero-order chi connectivity index (χ0) is 13.0. The van der Waals surface area contributed by atoms with Crippen molar-refractivity contribution in [2.75, 3.05) is 26.7 Å². The number of nitrogens with zero attached hydrogens (tertiary/aromatic N) is 1. The maximum absolute atomic E-state index is 5.42. The van der Waals surface area contributed by atoms with Gasteiger partial charge in [-0.15, -0.1) is 0 Å². The number of ether oxygens (including phenoxy) is 1. The molecule has 0 aromatic heterocycles. The molecule has 1 aromatic rings. The van der Waals surface area contributed by atoms with Gasteiger partial charge in [0.2, 0.25) is 0 Å². The molecular weight excluding hydrogens is 224 g/mol. The summed E-state index contributed by atoms with van der Waals surface area (Å²) in [7, 11) is 1.75. The van der Waals surface area contributed by atoms with Crippen LogP contribution in [0.1, 0.15) is 19.4 Å². The van der Waals surface area contributed by atoms with E-state index in [2.05, 4.69) is 36.2 Å². The Balaban J connectivity index is 1.99. The minimum atomic E-state index is 0.561. The van der Waals surface area contributed by atoms with Gasteiger partial charge in [0.25, 0.3) is 0 Å². The smallest absolute Gasteiger partial charge is 0.122 e. The first kappa shape index (κ1) is 13.4. The highest BCUT2D eigenvalue weighted by molar-refractivity contribution is 5.33. The van der Waals surface area contributed by atoms with Gasteiger partial charge in [0, 0.05) is 31.7 Å². The highest BCUT2D eigenvalue weighted by atomic mass is 16.5. The van der Waals surface area contributed by atoms with Gasteiger partial charge < -0.3 is 10.1 Å². The average Bonchev–Trinajstić information content (AvgIpc) is 2.39. The lowest BCUT2D eigenvalue weighted by Crippen LogP contribution is -2.52. The summed E-state index contributed by atoms with van der Waals surface area (Å²) in [6.45, 7) is 7.93. The molecule has 2 unspecified atom stereocenters. The van der Waals surface area contributed by atoms with Crippen LogP contribution in [-0.2, 0) is 6.42 Å². The number of para-hydroxylation sites is 1. The molecular formula is C15H24N2O. The van der Waals surface area contributed by atoms with Crippen LogP contribution in [0.5, 0.6) is 5.75 Å². The van der Waals surface area contributed by atoms with Crippen LogP contribution >= 0.6 is 0 Å². The van der Waals surface area contributed by atoms with Gasteiger partial charge in [0.1, 0.15) is 5.75 Å². The quantitative estimate of drug-likeness (QED) is 0.881. The summed E-state index contributed by atoms with van der Waals surface area (Å²) in [5, 5.41) is 3.49. The number of hydrogen-bond acceptors (Lipinski definition) is 3. The Morgan fingerprint density at radius 3 is 2.94 bits per heavy atom. The second-order valence-corrected chi connectivity index (χ2v) is 5.22. The molecule has 0 amide bonds. The first-order valence-corrected chi connectivity index (χ1v) is 6.80. The van der Waals surface area contributed by atoms with E-state index in [0.29, 0.717) is 12.1 Å². The van der Waals surface area contributed by atoms with Crippen LogP contribution in [0.3, 0.4) is 0 Å². The van der Waals surface area contributed by atoms with E-state index in [1.165, 1.54) is 5.56 Å². The molecule has 1 heterocycles. The van der Waals surface area contributed by atoms with Crippen LogP contribution in [0.15, 0.2) is 24.3 Å². The second kappa shape index (κ2) is 6.21. The molecule has 0 bridgehead atoms. The lowest BCUT2D eigenvalue weighted by atomic mass is 10.0. The Kier molecular flexibility index (Phi) is 4.61. The molecule has 0 radical (unpaired) electrons. The van der Waals surface area contributed by atoms with E-state index in [1.54, 1.807) is 7.11 Å². The van der Waals surface area contributed by atoms with Crippen molar-refractivity contribution < 1.29 is 4.74 Å². The third kappa shape index (κ3) is 3.24. The van der Waals surface area contributed by atoms with Gasteiger partial charge in [0.05, 0.1) is 7.11 Å². The van der Waals surface area contributed by atoms with Crippen LogP contribution < -0.4 is 10.1 Å². The predicted octanol–water partition coefficient (Wildman–Crippen LogP) is 1.92. The summed E-state index contributed by atoms with van der Waals surface area (Å²) in [5.41, 5.74) is 1.30. The molecule has 2 atom stereocenters. The fourth-order valence-corrected chi connectivity index (χ4v) is 2.68. The molecule has 1 saturated heterocycles. The standard InChI is InChI=1S/C15H24N2O/c1-12-11-17(9-8-16-12)13(2)10-14-6-4-5-7-15(14)18-3/h4-7,12-13,16H,8-11H2,1-3H3. The van der Waals surface area contributed by atoms with Crippen molar-refractivity contribution >= 4 is 0 Å². The van der Waals surface area contributed by atoms with Gasteiger partial charge in [-0.2, -0.15) is 0 Å². The minimum Gasteiger partial charge on any atom is -0.496 e. The second-order valence-electron chi connectivity index (χ2n) is 5.22. The van der Waals surface area contributed by atoms with E-state index >= 15 is 0 Å². The Bertz CT molecular complexity index is 381. The molecule has 1 aromatic carbocycles. The lowest BCUT2D eigenvalue weighted by Gasteiger charge is -2.36. The minimum absolute atomic E-state index is 0.561. The fourth-order valence-electron chi connectivity index (χ4n) is 2.68. The van der Waals surface area contributed by atoms with Gasteiger partial charge in [-0.25, -0.2) is 0 Å². The molecule has 3 nitrogen and oxygen atoms in total. The maximum Gasteiger partial charge on any atom is 0.122 e. The number of hydrogen-bond donors (Lipinski definition) is 1. The van der Waals surface area contributed by atoms with Crippen LogP contribution in [0.2, 0.25) is 0 Å². The van der Waals surface area contributed by atoms with Crippen molar-refractivity contribution in [1.82, 2.24) is 10.2 Å². The van der Waals surface area contributed by atoms with Crippen LogP contribution in [0, 0.1) is 0 Å². The molecule has 0 spiro atoms. The highest BCUT2D eigenvalue weighted by Crippen LogP contribution is 2.20. The summed E-state index contributed by atoms with van der Waals surface area (Å²) in [5.74, 6) is 1.01. The third-order valence-electron chi connectivity index (χ3n) is 3.73. The largest absolute Gasteiger partial charge is 0.496 e. The molecule has 1 fully saturated rings. The summed E-state index contributed by atoms with van der Waals surface area (Å²) >= 11 is 0. The molecule has 1 aliphatic heterocycles. The molecule has 3 heteroatoms. The molecule has 1 N–H and O–H groups in total. The van der Waals surface area contributed by atoms with E-state index in [9.17, 15) is 0 Å². The molecule has 18 heavy (non-hydrogen) atoms. The molecule has 0 saturated carbocycles. The summed E-state index contributed by atoms with van der Waals surface area (Å²) in [6.07, 6.45) is 1.05. The molecule has 1 aliphatic rings. The van der Waals surface area contributed by atoms with Crippen molar-refractivity contribution in [3.63, 3.8) is 0 Å². The fraction of sp³-hybridized carbons (Fsp3) is 0.600. The van der Waals surface area contributed by atoms with Gasteiger partial charge in [0.15, 0.2) is 0 Å². The maximum atomic E-state index is 5.42. The van der Waals surface area contributed by atoms with Crippen molar-refractivity contribution in [3.8, 4) is 5.75 Å². The normalized spacial score (nSPS) is 22.7. The van der Waals surface area contributed by atoms with Crippen molar-refractivity contribution in [3.05, 3.63) is 29.8 Å². The summed E-state index contributed by atoms with van der Waals surface area (Å²) < 4.78 is 5.42. The van der Waals surface area contributed by atoms with E-state index in [-0.39, 0.29) is 0 Å². The van der Waals surface area contributed by atoms with E-state index in [4.69, 9.17) is 4.74 Å². The Hall–Kier alpha value is -1.06. The number of benzene rings is 1. The van der Waals surface area contributed by atoms with Gasteiger partial charge in [-0.3, -0.25) is 4.90 Å². The lowest BCUT2D eigenvalue weighted by molar-refractivity contribution is 0.157. The topological polar surface area (TPSA) is 24.5 Å². The van der Waals surface area contributed by atoms with Crippen LogP contribution in [0.4, 0.5) is 0 Å².